The summed E-state index contributed by atoms with van der Waals surface area (Å²) in [5.41, 5.74) is 5.69. The van der Waals surface area contributed by atoms with Crippen LogP contribution in [0.15, 0.2) is 73.0 Å². The summed E-state index contributed by atoms with van der Waals surface area (Å²) < 4.78 is 36.4. The number of likely N-dealkylation sites (N-methyl/N-ethyl adjacent to an activating group) is 1. The van der Waals surface area contributed by atoms with Gasteiger partial charge in [-0.05, 0) is 63.1 Å². The Labute approximate surface area is 257 Å². The number of fused-ring (bicyclic) bond motifs is 1. The summed E-state index contributed by atoms with van der Waals surface area (Å²) in [5, 5.41) is 6.10. The molecule has 0 bridgehead atoms. The highest BCUT2D eigenvalue weighted by molar-refractivity contribution is 5.89. The highest BCUT2D eigenvalue weighted by Crippen LogP contribution is 2.47. The maximum Gasteiger partial charge on any atom is 0.412 e. The van der Waals surface area contributed by atoms with E-state index < -0.39 is 12.1 Å². The molecule has 2 N–H and O–H groups in total. The van der Waals surface area contributed by atoms with Crippen LogP contribution in [-0.4, -0.2) is 44.9 Å². The molecule has 3 aromatic carbocycles. The second-order valence-corrected chi connectivity index (χ2v) is 11.0. The van der Waals surface area contributed by atoms with Crippen molar-refractivity contribution in [1.82, 2.24) is 5.32 Å². The lowest BCUT2D eigenvalue weighted by Gasteiger charge is -2.43. The third kappa shape index (κ3) is 6.96. The normalized spacial score (nSPS) is 13.3. The minimum Gasteiger partial charge on any atom is -0.496 e. The standard InChI is InChI=1S/C34H38FN3O6/c1-20(2)32(39)42-16-15-36-33(40)44-24-11-12-26(30(18-24)41-8)25-13-14-28-31(38(7)22(4)34(5,6)37-28)27(25)19-43-29-17-23(35)10-9-21(29)3/h9-14,17-18,37H,1,4,15-16,19H2,2-3,5-8H3,(H,36,40). The van der Waals surface area contributed by atoms with Gasteiger partial charge in [-0.3, -0.25) is 0 Å². The van der Waals surface area contributed by atoms with Crippen molar-refractivity contribution in [3.8, 4) is 28.4 Å². The van der Waals surface area contributed by atoms with E-state index in [0.717, 1.165) is 39.3 Å². The predicted molar refractivity (Wildman–Crippen MR) is 169 cm³/mol. The van der Waals surface area contributed by atoms with Crippen molar-refractivity contribution < 1.29 is 32.9 Å². The van der Waals surface area contributed by atoms with Gasteiger partial charge in [0.1, 0.15) is 36.3 Å². The molecule has 1 aliphatic heterocycles. The number of esters is 1. The van der Waals surface area contributed by atoms with Crippen molar-refractivity contribution in [2.45, 2.75) is 39.8 Å². The third-order valence-electron chi connectivity index (χ3n) is 7.34. The van der Waals surface area contributed by atoms with Crippen LogP contribution in [0, 0.1) is 12.7 Å². The van der Waals surface area contributed by atoms with Crippen LogP contribution in [0.5, 0.6) is 17.2 Å². The van der Waals surface area contributed by atoms with E-state index in [-0.39, 0.29) is 42.4 Å². The van der Waals surface area contributed by atoms with E-state index in [4.69, 9.17) is 18.9 Å². The van der Waals surface area contributed by atoms with Gasteiger partial charge in [-0.1, -0.05) is 25.3 Å². The predicted octanol–water partition coefficient (Wildman–Crippen LogP) is 6.75. The number of hydrogen-bond acceptors (Lipinski definition) is 8. The second kappa shape index (κ2) is 13.1. The molecule has 0 saturated heterocycles. The second-order valence-electron chi connectivity index (χ2n) is 11.0. The Balaban J connectivity index is 1.65. The molecule has 9 nitrogen and oxygen atoms in total. The lowest BCUT2D eigenvalue weighted by Crippen LogP contribution is -2.44. The number of ether oxygens (including phenoxy) is 4. The Morgan fingerprint density at radius 2 is 1.80 bits per heavy atom. The van der Waals surface area contributed by atoms with Gasteiger partial charge in [-0.25, -0.2) is 14.0 Å². The van der Waals surface area contributed by atoms with Crippen LogP contribution in [0.4, 0.5) is 20.6 Å². The molecule has 1 amide bonds. The summed E-state index contributed by atoms with van der Waals surface area (Å²) in [6.45, 7) is 15.5. The molecule has 0 aromatic heterocycles. The number of rotatable bonds is 10. The molecule has 3 aromatic rings. The zero-order valence-electron chi connectivity index (χ0n) is 25.9. The number of benzene rings is 3. The smallest absolute Gasteiger partial charge is 0.412 e. The van der Waals surface area contributed by atoms with Crippen LogP contribution in [0.3, 0.4) is 0 Å². The van der Waals surface area contributed by atoms with Crippen molar-refractivity contribution in [2.24, 2.45) is 0 Å². The van der Waals surface area contributed by atoms with E-state index in [1.165, 1.54) is 19.2 Å². The summed E-state index contributed by atoms with van der Waals surface area (Å²) in [7, 11) is 3.48. The number of aryl methyl sites for hydroxylation is 1. The van der Waals surface area contributed by atoms with E-state index in [2.05, 4.69) is 37.6 Å². The van der Waals surface area contributed by atoms with Gasteiger partial charge in [0.25, 0.3) is 0 Å². The maximum absolute atomic E-state index is 14.1. The van der Waals surface area contributed by atoms with Gasteiger partial charge in [0.15, 0.2) is 0 Å². The number of anilines is 2. The molecule has 0 radical (unpaired) electrons. The number of methoxy groups -OCH3 is 1. The van der Waals surface area contributed by atoms with Crippen LogP contribution in [0.25, 0.3) is 11.1 Å². The Morgan fingerprint density at radius 3 is 2.50 bits per heavy atom. The first kappa shape index (κ1) is 31.9. The summed E-state index contributed by atoms with van der Waals surface area (Å²) >= 11 is 0. The zero-order valence-corrected chi connectivity index (χ0v) is 25.9. The summed E-state index contributed by atoms with van der Waals surface area (Å²) in [6, 6.07) is 13.5. The topological polar surface area (TPSA) is 98.4 Å². The highest BCUT2D eigenvalue weighted by atomic mass is 19.1. The molecular weight excluding hydrogens is 565 g/mol. The Bertz CT molecular complexity index is 1620. The molecule has 0 spiro atoms. The molecule has 232 valence electrons. The van der Waals surface area contributed by atoms with Crippen LogP contribution in [0.1, 0.15) is 31.9 Å². The van der Waals surface area contributed by atoms with Crippen LogP contribution in [0.2, 0.25) is 0 Å². The van der Waals surface area contributed by atoms with Gasteiger partial charge in [0, 0.05) is 41.6 Å². The van der Waals surface area contributed by atoms with Gasteiger partial charge in [-0.15, -0.1) is 0 Å². The molecule has 44 heavy (non-hydrogen) atoms. The fourth-order valence-electron chi connectivity index (χ4n) is 4.88. The average molecular weight is 604 g/mol. The minimum absolute atomic E-state index is 0.0196. The molecule has 0 atom stereocenters. The molecule has 4 rings (SSSR count). The SMILES string of the molecule is C=C(C)C(=O)OCCNC(=O)Oc1ccc(-c2ccc3c(c2COc2cc(F)ccc2C)N(C)C(=C)C(C)(C)N3)c(OC)c1. The number of hydrogen-bond donors (Lipinski definition) is 2. The van der Waals surface area contributed by atoms with Crippen molar-refractivity contribution in [3.05, 3.63) is 89.9 Å². The lowest BCUT2D eigenvalue weighted by molar-refractivity contribution is -0.138. The van der Waals surface area contributed by atoms with Crippen molar-refractivity contribution in [1.29, 1.82) is 0 Å². The highest BCUT2D eigenvalue weighted by Gasteiger charge is 2.34. The Morgan fingerprint density at radius 1 is 1.07 bits per heavy atom. The first-order valence-electron chi connectivity index (χ1n) is 14.0. The first-order chi connectivity index (χ1) is 20.8. The number of amides is 1. The monoisotopic (exact) mass is 603 g/mol. The number of nitrogens with one attached hydrogen (secondary N) is 2. The summed E-state index contributed by atoms with van der Waals surface area (Å²) in [5.74, 6) is 0.231. The van der Waals surface area contributed by atoms with Crippen LogP contribution in [-0.2, 0) is 16.1 Å². The fourth-order valence-corrected chi connectivity index (χ4v) is 4.88. The minimum atomic E-state index is -0.715. The van der Waals surface area contributed by atoms with E-state index in [1.807, 2.05) is 31.0 Å². The van der Waals surface area contributed by atoms with Gasteiger partial charge < -0.3 is 34.5 Å². The molecule has 10 heteroatoms. The molecule has 0 unspecified atom stereocenters. The van der Waals surface area contributed by atoms with E-state index >= 15 is 0 Å². The van der Waals surface area contributed by atoms with Crippen molar-refractivity contribution in [3.63, 3.8) is 0 Å². The lowest BCUT2D eigenvalue weighted by atomic mass is 9.90. The largest absolute Gasteiger partial charge is 0.496 e. The number of nitrogens with zero attached hydrogens (tertiary/aromatic N) is 1. The van der Waals surface area contributed by atoms with Crippen molar-refractivity contribution in [2.75, 3.05) is 37.5 Å². The Kier molecular flexibility index (Phi) is 9.52. The van der Waals surface area contributed by atoms with Gasteiger partial charge >= 0.3 is 12.1 Å². The fraction of sp³-hybridized carbons (Fsp3) is 0.294. The van der Waals surface area contributed by atoms with Gasteiger partial charge in [0.2, 0.25) is 0 Å². The number of halogens is 1. The maximum atomic E-state index is 14.1. The summed E-state index contributed by atoms with van der Waals surface area (Å²) in [4.78, 5) is 25.9. The zero-order chi connectivity index (χ0) is 32.2. The third-order valence-corrected chi connectivity index (χ3v) is 7.34. The summed E-state index contributed by atoms with van der Waals surface area (Å²) in [6.07, 6.45) is -0.715. The first-order valence-corrected chi connectivity index (χ1v) is 14.0. The average Bonchev–Trinajstić information content (AvgIpc) is 2.98. The van der Waals surface area contributed by atoms with Crippen LogP contribution < -0.4 is 29.7 Å². The van der Waals surface area contributed by atoms with E-state index in [9.17, 15) is 14.0 Å². The molecule has 1 aliphatic rings. The molecule has 0 fully saturated rings. The van der Waals surface area contributed by atoms with Gasteiger partial charge in [-0.2, -0.15) is 0 Å². The Hall–Kier alpha value is -4.99. The van der Waals surface area contributed by atoms with Gasteiger partial charge in [0.05, 0.1) is 30.6 Å². The number of carbonyl (C=O) groups excluding carboxylic acids is 2. The van der Waals surface area contributed by atoms with Crippen LogP contribution >= 0.6 is 0 Å². The number of carbonyl (C=O) groups is 2. The molecular formula is C34H38FN3O6. The van der Waals surface area contributed by atoms with E-state index in [1.54, 1.807) is 31.2 Å². The van der Waals surface area contributed by atoms with Crippen molar-refractivity contribution >= 4 is 23.4 Å². The molecule has 0 saturated carbocycles. The molecule has 1 heterocycles. The van der Waals surface area contributed by atoms with E-state index in [0.29, 0.717) is 11.5 Å². The molecule has 0 aliphatic carbocycles. The quantitative estimate of drug-likeness (QED) is 0.149.